The fraction of sp³-hybridized carbons (Fsp3) is 0.389. The van der Waals surface area contributed by atoms with Gasteiger partial charge in [-0.05, 0) is 19.1 Å². The van der Waals surface area contributed by atoms with E-state index in [1.165, 1.54) is 0 Å². The maximum absolute atomic E-state index is 9.15. The first-order valence-electron chi connectivity index (χ1n) is 8.61. The Balaban J connectivity index is 1.69. The van der Waals surface area contributed by atoms with Crippen LogP contribution in [0.1, 0.15) is 6.92 Å². The zero-order valence-electron chi connectivity index (χ0n) is 14.3. The van der Waals surface area contributed by atoms with E-state index in [2.05, 4.69) is 31.7 Å². The summed E-state index contributed by atoms with van der Waals surface area (Å²) in [4.78, 5) is 18.2. The van der Waals surface area contributed by atoms with E-state index in [1.807, 2.05) is 41.2 Å². The summed E-state index contributed by atoms with van der Waals surface area (Å²) >= 11 is 0. The molecule has 4 rings (SSSR count). The molecule has 0 saturated carbocycles. The van der Waals surface area contributed by atoms with Gasteiger partial charge in [0.25, 0.3) is 0 Å². The number of nitrogens with zero attached hydrogens (tertiary/aromatic N) is 6. The molecular weight excluding hydrogens is 316 g/mol. The molecule has 1 aromatic carbocycles. The minimum atomic E-state index is 0.200. The number of benzene rings is 1. The van der Waals surface area contributed by atoms with Gasteiger partial charge in [0.2, 0.25) is 0 Å². The van der Waals surface area contributed by atoms with Crippen molar-refractivity contribution in [3.63, 3.8) is 0 Å². The number of rotatable bonds is 4. The molecule has 0 amide bonds. The van der Waals surface area contributed by atoms with Crippen molar-refractivity contribution in [3.8, 4) is 5.69 Å². The van der Waals surface area contributed by atoms with E-state index >= 15 is 0 Å². The quantitative estimate of drug-likeness (QED) is 0.774. The van der Waals surface area contributed by atoms with Gasteiger partial charge in [-0.25, -0.2) is 15.0 Å². The summed E-state index contributed by atoms with van der Waals surface area (Å²) in [5.74, 6) is 0.885. The van der Waals surface area contributed by atoms with Crippen molar-refractivity contribution >= 4 is 17.0 Å². The standard InChI is InChI=1S/C18H22N6O/c1-14-11-22(9-10-25)7-8-23(14)17-16-18(20-12-19-17)24(13-21-16)15-5-3-2-4-6-15/h2-6,12-14,25H,7-11H2,1H3. The number of aromatic nitrogens is 4. The molecule has 1 aliphatic heterocycles. The third kappa shape index (κ3) is 2.96. The van der Waals surface area contributed by atoms with E-state index in [4.69, 9.17) is 5.11 Å². The van der Waals surface area contributed by atoms with Gasteiger partial charge >= 0.3 is 0 Å². The minimum Gasteiger partial charge on any atom is -0.395 e. The number of β-amino-alcohol motifs (C(OH)–C–C–N with tert-alkyl or cyclic N) is 1. The van der Waals surface area contributed by atoms with Crippen LogP contribution in [0.25, 0.3) is 16.9 Å². The summed E-state index contributed by atoms with van der Waals surface area (Å²) < 4.78 is 1.99. The first-order chi connectivity index (χ1) is 12.3. The number of aliphatic hydroxyl groups is 1. The van der Waals surface area contributed by atoms with Crippen LogP contribution in [0.2, 0.25) is 0 Å². The zero-order valence-corrected chi connectivity index (χ0v) is 14.3. The van der Waals surface area contributed by atoms with E-state index in [0.29, 0.717) is 6.04 Å². The first-order valence-corrected chi connectivity index (χ1v) is 8.61. The van der Waals surface area contributed by atoms with Crippen molar-refractivity contribution in [1.82, 2.24) is 24.4 Å². The highest BCUT2D eigenvalue weighted by atomic mass is 16.3. The molecule has 1 aliphatic rings. The second kappa shape index (κ2) is 6.78. The molecule has 0 spiro atoms. The highest BCUT2D eigenvalue weighted by Gasteiger charge is 2.26. The third-order valence-electron chi connectivity index (χ3n) is 4.75. The van der Waals surface area contributed by atoms with Gasteiger partial charge in [0.15, 0.2) is 17.0 Å². The van der Waals surface area contributed by atoms with Gasteiger partial charge in [0.1, 0.15) is 12.7 Å². The largest absolute Gasteiger partial charge is 0.395 e. The fourth-order valence-corrected chi connectivity index (χ4v) is 3.50. The van der Waals surface area contributed by atoms with Crippen LogP contribution < -0.4 is 4.90 Å². The molecule has 130 valence electrons. The Kier molecular flexibility index (Phi) is 4.33. The number of para-hydroxylation sites is 1. The second-order valence-corrected chi connectivity index (χ2v) is 6.39. The fourth-order valence-electron chi connectivity index (χ4n) is 3.50. The summed E-state index contributed by atoms with van der Waals surface area (Å²) in [6, 6.07) is 10.4. The maximum Gasteiger partial charge on any atom is 0.170 e. The van der Waals surface area contributed by atoms with E-state index in [-0.39, 0.29) is 6.61 Å². The average Bonchev–Trinajstić information content (AvgIpc) is 3.07. The Morgan fingerprint density at radius 1 is 1.12 bits per heavy atom. The molecule has 0 radical (unpaired) electrons. The SMILES string of the molecule is CC1CN(CCO)CCN1c1ncnc2c1ncn2-c1ccccc1. The van der Waals surface area contributed by atoms with Crippen molar-refractivity contribution in [2.75, 3.05) is 37.7 Å². The third-order valence-corrected chi connectivity index (χ3v) is 4.75. The Morgan fingerprint density at radius 3 is 2.72 bits per heavy atom. The number of piperazine rings is 1. The van der Waals surface area contributed by atoms with E-state index in [0.717, 1.165) is 48.8 Å². The van der Waals surface area contributed by atoms with Gasteiger partial charge in [-0.1, -0.05) is 18.2 Å². The van der Waals surface area contributed by atoms with Crippen LogP contribution in [0, 0.1) is 0 Å². The molecule has 1 N–H and O–H groups in total. The Hall–Kier alpha value is -2.51. The molecule has 1 unspecified atom stereocenters. The van der Waals surface area contributed by atoms with Gasteiger partial charge in [0.05, 0.1) is 6.61 Å². The van der Waals surface area contributed by atoms with Gasteiger partial charge in [-0.3, -0.25) is 9.47 Å². The van der Waals surface area contributed by atoms with Crippen molar-refractivity contribution in [3.05, 3.63) is 43.0 Å². The lowest BCUT2D eigenvalue weighted by atomic mass is 10.2. The molecule has 3 heterocycles. The molecule has 25 heavy (non-hydrogen) atoms. The van der Waals surface area contributed by atoms with Crippen LogP contribution in [0.3, 0.4) is 0 Å². The van der Waals surface area contributed by atoms with Crippen LogP contribution in [0.5, 0.6) is 0 Å². The molecule has 7 heteroatoms. The summed E-state index contributed by atoms with van der Waals surface area (Å²) in [5, 5.41) is 9.15. The lowest BCUT2D eigenvalue weighted by molar-refractivity contribution is 0.173. The smallest absolute Gasteiger partial charge is 0.170 e. The number of hydrogen-bond donors (Lipinski definition) is 1. The molecule has 2 aromatic heterocycles. The predicted molar refractivity (Wildman–Crippen MR) is 97.0 cm³/mol. The summed E-state index contributed by atoms with van der Waals surface area (Å²) in [6.07, 6.45) is 3.43. The summed E-state index contributed by atoms with van der Waals surface area (Å²) in [7, 11) is 0. The van der Waals surface area contributed by atoms with Crippen molar-refractivity contribution in [2.45, 2.75) is 13.0 Å². The van der Waals surface area contributed by atoms with E-state index in [1.54, 1.807) is 6.33 Å². The predicted octanol–water partition coefficient (Wildman–Crippen LogP) is 1.32. The number of hydrogen-bond acceptors (Lipinski definition) is 6. The van der Waals surface area contributed by atoms with Gasteiger partial charge < -0.3 is 10.0 Å². The number of anilines is 1. The van der Waals surface area contributed by atoms with Crippen molar-refractivity contribution < 1.29 is 5.11 Å². The van der Waals surface area contributed by atoms with Crippen LogP contribution in [0.15, 0.2) is 43.0 Å². The van der Waals surface area contributed by atoms with Gasteiger partial charge in [-0.15, -0.1) is 0 Å². The number of fused-ring (bicyclic) bond motifs is 1. The van der Waals surface area contributed by atoms with Crippen LogP contribution >= 0.6 is 0 Å². The maximum atomic E-state index is 9.15. The first kappa shape index (κ1) is 16.0. The molecule has 1 atom stereocenters. The minimum absolute atomic E-state index is 0.200. The number of aliphatic hydroxyl groups excluding tert-OH is 1. The van der Waals surface area contributed by atoms with Crippen molar-refractivity contribution in [1.29, 1.82) is 0 Å². The lowest BCUT2D eigenvalue weighted by Gasteiger charge is -2.40. The molecule has 3 aromatic rings. The normalized spacial score (nSPS) is 18.8. The highest BCUT2D eigenvalue weighted by Crippen LogP contribution is 2.26. The molecule has 7 nitrogen and oxygen atoms in total. The monoisotopic (exact) mass is 338 g/mol. The molecule has 1 fully saturated rings. The van der Waals surface area contributed by atoms with Crippen LogP contribution in [-0.2, 0) is 0 Å². The topological polar surface area (TPSA) is 70.3 Å². The van der Waals surface area contributed by atoms with Gasteiger partial charge in [0, 0.05) is 37.9 Å². The Bertz CT molecular complexity index is 849. The molecule has 0 bridgehead atoms. The number of imidazole rings is 1. The van der Waals surface area contributed by atoms with E-state index in [9.17, 15) is 0 Å². The van der Waals surface area contributed by atoms with Gasteiger partial charge in [-0.2, -0.15) is 0 Å². The molecular formula is C18H22N6O. The van der Waals surface area contributed by atoms with Crippen LogP contribution in [-0.4, -0.2) is 68.4 Å². The molecule has 0 aliphatic carbocycles. The Morgan fingerprint density at radius 2 is 1.96 bits per heavy atom. The van der Waals surface area contributed by atoms with Crippen LogP contribution in [0.4, 0.5) is 5.82 Å². The molecule has 1 saturated heterocycles. The van der Waals surface area contributed by atoms with Crippen molar-refractivity contribution in [2.24, 2.45) is 0 Å². The highest BCUT2D eigenvalue weighted by molar-refractivity contribution is 5.84. The summed E-state index contributed by atoms with van der Waals surface area (Å²) in [6.45, 7) is 5.80. The lowest BCUT2D eigenvalue weighted by Crippen LogP contribution is -2.52. The summed E-state index contributed by atoms with van der Waals surface area (Å²) in [5.41, 5.74) is 2.69. The Labute approximate surface area is 146 Å². The zero-order chi connectivity index (χ0) is 17.2. The van der Waals surface area contributed by atoms with E-state index < -0.39 is 0 Å². The average molecular weight is 338 g/mol. The second-order valence-electron chi connectivity index (χ2n) is 6.39.